The molecule has 0 radical (unpaired) electrons. The van der Waals surface area contributed by atoms with Crippen LogP contribution < -0.4 is 5.43 Å². The Bertz CT molecular complexity index is 975. The standard InChI is InChI=1S/C17H10O2/c18-17-13-7-3-4-8-15(13)19-16-10-12-6-2-1-5-11(12)9-14(16)17/h1-10H. The number of rotatable bonds is 0. The lowest BCUT2D eigenvalue weighted by Crippen LogP contribution is -2.01. The number of para-hydroxylation sites is 1. The maximum absolute atomic E-state index is 12.5. The van der Waals surface area contributed by atoms with Crippen molar-refractivity contribution in [3.05, 3.63) is 70.9 Å². The Balaban J connectivity index is 2.29. The summed E-state index contributed by atoms with van der Waals surface area (Å²) < 4.78 is 5.84. The lowest BCUT2D eigenvalue weighted by Gasteiger charge is -2.03. The van der Waals surface area contributed by atoms with Crippen molar-refractivity contribution in [2.45, 2.75) is 0 Å². The van der Waals surface area contributed by atoms with Gasteiger partial charge in [-0.2, -0.15) is 0 Å². The molecule has 0 unspecified atom stereocenters. The zero-order valence-corrected chi connectivity index (χ0v) is 10.1. The van der Waals surface area contributed by atoms with Gasteiger partial charge in [0.2, 0.25) is 5.43 Å². The van der Waals surface area contributed by atoms with Crippen LogP contribution in [0.25, 0.3) is 32.7 Å². The van der Waals surface area contributed by atoms with E-state index in [4.69, 9.17) is 4.42 Å². The fraction of sp³-hybridized carbons (Fsp3) is 0. The molecular weight excluding hydrogens is 236 g/mol. The van der Waals surface area contributed by atoms with E-state index in [0.29, 0.717) is 21.9 Å². The molecule has 0 saturated carbocycles. The quantitative estimate of drug-likeness (QED) is 0.437. The van der Waals surface area contributed by atoms with Crippen molar-refractivity contribution < 1.29 is 4.42 Å². The highest BCUT2D eigenvalue weighted by Crippen LogP contribution is 2.23. The van der Waals surface area contributed by atoms with Crippen LogP contribution in [0.4, 0.5) is 0 Å². The van der Waals surface area contributed by atoms with Crippen molar-refractivity contribution in [3.63, 3.8) is 0 Å². The van der Waals surface area contributed by atoms with Crippen molar-refractivity contribution >= 4 is 32.7 Å². The Morgan fingerprint density at radius 1 is 0.684 bits per heavy atom. The van der Waals surface area contributed by atoms with Crippen molar-refractivity contribution in [2.24, 2.45) is 0 Å². The van der Waals surface area contributed by atoms with E-state index in [-0.39, 0.29) is 5.43 Å². The first kappa shape index (κ1) is 10.3. The van der Waals surface area contributed by atoms with Crippen LogP contribution in [0.3, 0.4) is 0 Å². The Morgan fingerprint density at radius 3 is 2.21 bits per heavy atom. The van der Waals surface area contributed by atoms with Crippen molar-refractivity contribution in [2.75, 3.05) is 0 Å². The predicted octanol–water partition coefficient (Wildman–Crippen LogP) is 4.10. The summed E-state index contributed by atoms with van der Waals surface area (Å²) in [6, 6.07) is 19.2. The van der Waals surface area contributed by atoms with Crippen LogP contribution in [0.2, 0.25) is 0 Å². The molecule has 0 amide bonds. The van der Waals surface area contributed by atoms with Crippen LogP contribution in [-0.2, 0) is 0 Å². The number of hydrogen-bond acceptors (Lipinski definition) is 2. The molecule has 0 spiro atoms. The van der Waals surface area contributed by atoms with E-state index >= 15 is 0 Å². The Morgan fingerprint density at radius 2 is 1.37 bits per heavy atom. The van der Waals surface area contributed by atoms with Crippen molar-refractivity contribution in [1.82, 2.24) is 0 Å². The van der Waals surface area contributed by atoms with Gasteiger partial charge in [0.05, 0.1) is 10.8 Å². The van der Waals surface area contributed by atoms with Gasteiger partial charge in [-0.25, -0.2) is 0 Å². The molecule has 0 bridgehead atoms. The smallest absolute Gasteiger partial charge is 0.200 e. The van der Waals surface area contributed by atoms with Gasteiger partial charge in [0, 0.05) is 0 Å². The number of fused-ring (bicyclic) bond motifs is 3. The maximum atomic E-state index is 12.5. The molecule has 90 valence electrons. The predicted molar refractivity (Wildman–Crippen MR) is 77.5 cm³/mol. The van der Waals surface area contributed by atoms with Crippen molar-refractivity contribution in [1.29, 1.82) is 0 Å². The van der Waals surface area contributed by atoms with E-state index in [0.717, 1.165) is 10.8 Å². The lowest BCUT2D eigenvalue weighted by molar-refractivity contribution is 0.660. The third-order valence-corrected chi connectivity index (χ3v) is 3.44. The monoisotopic (exact) mass is 246 g/mol. The Hall–Kier alpha value is -2.61. The first-order chi connectivity index (χ1) is 9.33. The minimum absolute atomic E-state index is 0.0302. The number of benzene rings is 3. The average molecular weight is 246 g/mol. The van der Waals surface area contributed by atoms with E-state index in [9.17, 15) is 4.79 Å². The SMILES string of the molecule is O=c1c2ccccc2oc2cc3ccccc3cc12. The molecule has 2 heteroatoms. The van der Waals surface area contributed by atoms with Crippen LogP contribution in [0.5, 0.6) is 0 Å². The van der Waals surface area contributed by atoms with Crippen LogP contribution in [-0.4, -0.2) is 0 Å². The largest absolute Gasteiger partial charge is 0.456 e. The molecule has 1 heterocycles. The average Bonchev–Trinajstić information content (AvgIpc) is 2.46. The van der Waals surface area contributed by atoms with Gasteiger partial charge in [-0.1, -0.05) is 36.4 Å². The minimum atomic E-state index is 0.0302. The van der Waals surface area contributed by atoms with Gasteiger partial charge >= 0.3 is 0 Å². The summed E-state index contributed by atoms with van der Waals surface area (Å²) in [5.74, 6) is 0. The highest BCUT2D eigenvalue weighted by molar-refractivity contribution is 5.99. The van der Waals surface area contributed by atoms with Gasteiger partial charge in [-0.05, 0) is 35.0 Å². The van der Waals surface area contributed by atoms with Gasteiger partial charge < -0.3 is 4.42 Å². The second-order valence-corrected chi connectivity index (χ2v) is 4.62. The zero-order chi connectivity index (χ0) is 12.8. The first-order valence-electron chi connectivity index (χ1n) is 6.17. The summed E-state index contributed by atoms with van der Waals surface area (Å²) in [5.41, 5.74) is 1.31. The zero-order valence-electron chi connectivity index (χ0n) is 10.1. The second kappa shape index (κ2) is 3.69. The summed E-state index contributed by atoms with van der Waals surface area (Å²) in [4.78, 5) is 12.5. The molecule has 0 saturated heterocycles. The molecule has 19 heavy (non-hydrogen) atoms. The summed E-state index contributed by atoms with van der Waals surface area (Å²) in [6.45, 7) is 0. The van der Waals surface area contributed by atoms with Gasteiger partial charge in [0.25, 0.3) is 0 Å². The summed E-state index contributed by atoms with van der Waals surface area (Å²) >= 11 is 0. The molecule has 1 aromatic heterocycles. The van der Waals surface area contributed by atoms with E-state index in [1.54, 1.807) is 6.07 Å². The van der Waals surface area contributed by atoms with E-state index < -0.39 is 0 Å². The third-order valence-electron chi connectivity index (χ3n) is 3.44. The Kier molecular flexibility index (Phi) is 2.00. The molecule has 3 aromatic carbocycles. The van der Waals surface area contributed by atoms with Crippen LogP contribution >= 0.6 is 0 Å². The summed E-state index contributed by atoms with van der Waals surface area (Å²) in [6.07, 6.45) is 0. The second-order valence-electron chi connectivity index (χ2n) is 4.62. The first-order valence-corrected chi connectivity index (χ1v) is 6.17. The number of hydrogen-bond donors (Lipinski definition) is 0. The molecule has 0 N–H and O–H groups in total. The van der Waals surface area contributed by atoms with Gasteiger partial charge in [0.15, 0.2) is 0 Å². The van der Waals surface area contributed by atoms with Crippen LogP contribution in [0.1, 0.15) is 0 Å². The molecule has 2 nitrogen and oxygen atoms in total. The van der Waals surface area contributed by atoms with E-state index in [1.807, 2.05) is 54.6 Å². The molecule has 0 aliphatic carbocycles. The van der Waals surface area contributed by atoms with Crippen LogP contribution in [0, 0.1) is 0 Å². The molecule has 0 atom stereocenters. The van der Waals surface area contributed by atoms with Crippen molar-refractivity contribution in [3.8, 4) is 0 Å². The fourth-order valence-corrected chi connectivity index (χ4v) is 2.49. The molecule has 0 aliphatic rings. The highest BCUT2D eigenvalue weighted by Gasteiger charge is 2.07. The van der Waals surface area contributed by atoms with Gasteiger partial charge in [0.1, 0.15) is 11.2 Å². The maximum Gasteiger partial charge on any atom is 0.200 e. The summed E-state index contributed by atoms with van der Waals surface area (Å²) in [5, 5.41) is 3.40. The lowest BCUT2D eigenvalue weighted by atomic mass is 10.1. The van der Waals surface area contributed by atoms with E-state index in [2.05, 4.69) is 0 Å². The van der Waals surface area contributed by atoms with E-state index in [1.165, 1.54) is 0 Å². The molecule has 4 rings (SSSR count). The normalized spacial score (nSPS) is 11.4. The minimum Gasteiger partial charge on any atom is -0.456 e. The molecule has 4 aromatic rings. The fourth-order valence-electron chi connectivity index (χ4n) is 2.49. The van der Waals surface area contributed by atoms with Crippen LogP contribution in [0.15, 0.2) is 69.9 Å². The highest BCUT2D eigenvalue weighted by atomic mass is 16.3. The summed E-state index contributed by atoms with van der Waals surface area (Å²) in [7, 11) is 0. The van der Waals surface area contributed by atoms with Gasteiger partial charge in [-0.15, -0.1) is 0 Å². The molecule has 0 aliphatic heterocycles. The topological polar surface area (TPSA) is 30.2 Å². The molecular formula is C17H10O2. The molecule has 0 fully saturated rings. The Labute approximate surface area is 108 Å². The third kappa shape index (κ3) is 1.47. The van der Waals surface area contributed by atoms with Gasteiger partial charge in [-0.3, -0.25) is 4.79 Å².